The van der Waals surface area contributed by atoms with E-state index >= 15 is 0 Å². The zero-order chi connectivity index (χ0) is 15.6. The van der Waals surface area contributed by atoms with Gasteiger partial charge in [0.15, 0.2) is 0 Å². The van der Waals surface area contributed by atoms with Crippen LogP contribution in [0.1, 0.15) is 30.4 Å². The van der Waals surface area contributed by atoms with Gasteiger partial charge in [0.25, 0.3) is 5.56 Å². The third kappa shape index (κ3) is 2.80. The molecule has 0 spiro atoms. The van der Waals surface area contributed by atoms with Crippen LogP contribution in [0.4, 0.5) is 0 Å². The van der Waals surface area contributed by atoms with Crippen molar-refractivity contribution in [3.8, 4) is 0 Å². The molecule has 1 fully saturated rings. The molecular weight excluding hydrogens is 288 g/mol. The number of H-pyrrole nitrogens is 2. The van der Waals surface area contributed by atoms with Crippen molar-refractivity contribution in [2.75, 3.05) is 13.1 Å². The average molecular weight is 308 g/mol. The maximum Gasteiger partial charge on any atom is 0.258 e. The zero-order valence-corrected chi connectivity index (χ0v) is 13.0. The van der Waals surface area contributed by atoms with Gasteiger partial charge < -0.3 is 9.97 Å². The van der Waals surface area contributed by atoms with Gasteiger partial charge in [0.1, 0.15) is 5.82 Å². The first-order chi connectivity index (χ1) is 11.3. The SMILES string of the molecule is O=c1[nH]c(CCN2CCCC2c2ccc[nH]2)nc2ccccc12. The Balaban J connectivity index is 1.51. The van der Waals surface area contributed by atoms with Gasteiger partial charge in [0, 0.05) is 30.9 Å². The first-order valence-corrected chi connectivity index (χ1v) is 8.16. The molecule has 3 aromatic rings. The molecule has 118 valence electrons. The van der Waals surface area contributed by atoms with Gasteiger partial charge in [-0.1, -0.05) is 12.1 Å². The number of benzene rings is 1. The van der Waals surface area contributed by atoms with Gasteiger partial charge in [0.05, 0.1) is 10.9 Å². The predicted molar refractivity (Wildman–Crippen MR) is 90.4 cm³/mol. The van der Waals surface area contributed by atoms with E-state index in [1.54, 1.807) is 0 Å². The Kier molecular flexibility index (Phi) is 3.71. The summed E-state index contributed by atoms with van der Waals surface area (Å²) in [4.78, 5) is 25.4. The van der Waals surface area contributed by atoms with Crippen molar-refractivity contribution >= 4 is 10.9 Å². The van der Waals surface area contributed by atoms with Gasteiger partial charge in [-0.15, -0.1) is 0 Å². The van der Waals surface area contributed by atoms with Crippen molar-refractivity contribution in [2.24, 2.45) is 0 Å². The van der Waals surface area contributed by atoms with E-state index in [-0.39, 0.29) is 5.56 Å². The van der Waals surface area contributed by atoms with Crippen LogP contribution in [0.2, 0.25) is 0 Å². The highest BCUT2D eigenvalue weighted by Gasteiger charge is 2.26. The summed E-state index contributed by atoms with van der Waals surface area (Å²) in [6, 6.07) is 12.1. The Morgan fingerprint density at radius 1 is 1.22 bits per heavy atom. The molecule has 0 bridgehead atoms. The molecule has 23 heavy (non-hydrogen) atoms. The van der Waals surface area contributed by atoms with Gasteiger partial charge >= 0.3 is 0 Å². The standard InChI is InChI=1S/C18H20N4O/c23-18-13-5-1-2-6-14(13)20-17(21-18)9-12-22-11-4-8-16(22)15-7-3-10-19-15/h1-3,5-7,10,16,19H,4,8-9,11-12H2,(H,20,21,23). The number of nitrogens with zero attached hydrogens (tertiary/aromatic N) is 2. The maximum atomic E-state index is 12.1. The van der Waals surface area contributed by atoms with Crippen molar-refractivity contribution < 1.29 is 0 Å². The predicted octanol–water partition coefficient (Wildman–Crippen LogP) is 2.63. The number of rotatable bonds is 4. The van der Waals surface area contributed by atoms with Gasteiger partial charge in [-0.3, -0.25) is 9.69 Å². The Hall–Kier alpha value is -2.40. The van der Waals surface area contributed by atoms with E-state index in [0.29, 0.717) is 11.4 Å². The molecule has 1 aliphatic heterocycles. The number of para-hydroxylation sites is 1. The van der Waals surface area contributed by atoms with Crippen LogP contribution in [0.25, 0.3) is 10.9 Å². The van der Waals surface area contributed by atoms with Crippen molar-refractivity contribution in [3.63, 3.8) is 0 Å². The van der Waals surface area contributed by atoms with Crippen LogP contribution in [0, 0.1) is 0 Å². The molecule has 1 saturated heterocycles. The third-order valence-corrected chi connectivity index (χ3v) is 4.64. The molecule has 0 saturated carbocycles. The first-order valence-electron chi connectivity index (χ1n) is 8.16. The van der Waals surface area contributed by atoms with Gasteiger partial charge in [0.2, 0.25) is 0 Å². The molecule has 0 amide bonds. The van der Waals surface area contributed by atoms with Crippen LogP contribution >= 0.6 is 0 Å². The summed E-state index contributed by atoms with van der Waals surface area (Å²) in [5.41, 5.74) is 2.00. The van der Waals surface area contributed by atoms with E-state index in [4.69, 9.17) is 0 Å². The minimum Gasteiger partial charge on any atom is -0.364 e. The third-order valence-electron chi connectivity index (χ3n) is 4.64. The number of fused-ring (bicyclic) bond motifs is 1. The Labute approximate surface area is 134 Å². The number of aromatic amines is 2. The lowest BCUT2D eigenvalue weighted by molar-refractivity contribution is 0.255. The molecule has 1 aromatic carbocycles. The molecule has 2 N–H and O–H groups in total. The minimum atomic E-state index is -0.0482. The smallest absolute Gasteiger partial charge is 0.258 e. The van der Waals surface area contributed by atoms with Crippen LogP contribution in [-0.4, -0.2) is 32.9 Å². The number of nitrogens with one attached hydrogen (secondary N) is 2. The summed E-state index contributed by atoms with van der Waals surface area (Å²) in [7, 11) is 0. The fraction of sp³-hybridized carbons (Fsp3) is 0.333. The summed E-state index contributed by atoms with van der Waals surface area (Å²) in [6.07, 6.45) is 5.14. The number of hydrogen-bond acceptors (Lipinski definition) is 3. The molecule has 1 unspecified atom stereocenters. The van der Waals surface area contributed by atoms with Gasteiger partial charge in [-0.05, 0) is 43.7 Å². The van der Waals surface area contributed by atoms with Crippen LogP contribution in [0.15, 0.2) is 47.4 Å². The van der Waals surface area contributed by atoms with Crippen LogP contribution in [-0.2, 0) is 6.42 Å². The van der Waals surface area contributed by atoms with E-state index in [1.165, 1.54) is 18.5 Å². The topological polar surface area (TPSA) is 64.8 Å². The van der Waals surface area contributed by atoms with Crippen LogP contribution in [0.5, 0.6) is 0 Å². The number of hydrogen-bond donors (Lipinski definition) is 2. The monoisotopic (exact) mass is 308 g/mol. The van der Waals surface area contributed by atoms with E-state index in [0.717, 1.165) is 30.9 Å². The van der Waals surface area contributed by atoms with Gasteiger partial charge in [-0.2, -0.15) is 0 Å². The highest BCUT2D eigenvalue weighted by atomic mass is 16.1. The molecule has 5 heteroatoms. The molecule has 0 radical (unpaired) electrons. The van der Waals surface area contributed by atoms with E-state index in [1.807, 2.05) is 36.5 Å². The quantitative estimate of drug-likeness (QED) is 0.779. The first kappa shape index (κ1) is 14.2. The van der Waals surface area contributed by atoms with E-state index in [2.05, 4.69) is 25.9 Å². The fourth-order valence-corrected chi connectivity index (χ4v) is 3.50. The lowest BCUT2D eigenvalue weighted by Crippen LogP contribution is -2.27. The van der Waals surface area contributed by atoms with Crippen molar-refractivity contribution in [2.45, 2.75) is 25.3 Å². The summed E-state index contributed by atoms with van der Waals surface area (Å²) in [5.74, 6) is 0.769. The van der Waals surface area contributed by atoms with E-state index in [9.17, 15) is 4.79 Å². The Morgan fingerprint density at radius 3 is 3.00 bits per heavy atom. The second-order valence-electron chi connectivity index (χ2n) is 6.10. The molecule has 1 aliphatic rings. The molecule has 4 rings (SSSR count). The summed E-state index contributed by atoms with van der Waals surface area (Å²) in [5, 5.41) is 0.654. The average Bonchev–Trinajstić information content (AvgIpc) is 3.24. The normalized spacial score (nSPS) is 18.7. The molecule has 0 aliphatic carbocycles. The molecular formula is C18H20N4O. The highest BCUT2D eigenvalue weighted by Crippen LogP contribution is 2.30. The van der Waals surface area contributed by atoms with Crippen LogP contribution < -0.4 is 5.56 Å². The Morgan fingerprint density at radius 2 is 2.13 bits per heavy atom. The lowest BCUT2D eigenvalue weighted by atomic mass is 10.1. The minimum absolute atomic E-state index is 0.0482. The van der Waals surface area contributed by atoms with Crippen molar-refractivity contribution in [1.29, 1.82) is 0 Å². The highest BCUT2D eigenvalue weighted by molar-refractivity contribution is 5.77. The second kappa shape index (κ2) is 6.01. The largest absolute Gasteiger partial charge is 0.364 e. The summed E-state index contributed by atoms with van der Waals surface area (Å²) >= 11 is 0. The lowest BCUT2D eigenvalue weighted by Gasteiger charge is -2.23. The van der Waals surface area contributed by atoms with Crippen molar-refractivity contribution in [3.05, 3.63) is 64.5 Å². The Bertz CT molecular complexity index is 853. The molecule has 5 nitrogen and oxygen atoms in total. The zero-order valence-electron chi connectivity index (χ0n) is 13.0. The van der Waals surface area contributed by atoms with Crippen molar-refractivity contribution in [1.82, 2.24) is 19.9 Å². The summed E-state index contributed by atoms with van der Waals surface area (Å²) < 4.78 is 0. The summed E-state index contributed by atoms with van der Waals surface area (Å²) in [6.45, 7) is 2.01. The van der Waals surface area contributed by atoms with Crippen LogP contribution in [0.3, 0.4) is 0 Å². The molecule has 2 aromatic heterocycles. The molecule has 1 atom stereocenters. The maximum absolute atomic E-state index is 12.1. The second-order valence-corrected chi connectivity index (χ2v) is 6.10. The number of likely N-dealkylation sites (tertiary alicyclic amines) is 1. The van der Waals surface area contributed by atoms with Gasteiger partial charge in [-0.25, -0.2) is 4.98 Å². The number of aromatic nitrogens is 3. The fourth-order valence-electron chi connectivity index (χ4n) is 3.50. The molecule has 3 heterocycles. The van der Waals surface area contributed by atoms with E-state index < -0.39 is 0 Å².